The van der Waals surface area contributed by atoms with Crippen LogP contribution in [0.3, 0.4) is 0 Å². The Morgan fingerprint density at radius 1 is 1.22 bits per heavy atom. The number of aromatic nitrogens is 3. The third-order valence-corrected chi connectivity index (χ3v) is 2.67. The first-order chi connectivity index (χ1) is 8.71. The van der Waals surface area contributed by atoms with Gasteiger partial charge < -0.3 is 20.5 Å². The molecule has 100 valence electrons. The van der Waals surface area contributed by atoms with Gasteiger partial charge in [0.25, 0.3) is 0 Å². The topological polar surface area (TPSA) is 92.2 Å². The number of aliphatic hydroxyl groups excluding tert-OH is 1. The predicted molar refractivity (Wildman–Crippen MR) is 67.8 cm³/mol. The number of anilines is 2. The van der Waals surface area contributed by atoms with Gasteiger partial charge in [0, 0.05) is 12.6 Å². The molecule has 1 heterocycles. The van der Waals surface area contributed by atoms with Crippen LogP contribution in [-0.4, -0.2) is 45.4 Å². The van der Waals surface area contributed by atoms with E-state index in [0.717, 1.165) is 19.4 Å². The van der Waals surface area contributed by atoms with E-state index in [1.807, 2.05) is 13.8 Å². The molecule has 0 spiro atoms. The van der Waals surface area contributed by atoms with Gasteiger partial charge in [-0.15, -0.1) is 0 Å². The first-order valence-corrected chi connectivity index (χ1v) is 6.28. The van der Waals surface area contributed by atoms with E-state index in [4.69, 9.17) is 4.74 Å². The molecule has 0 aromatic carbocycles. The molecule has 1 aliphatic carbocycles. The van der Waals surface area contributed by atoms with Crippen LogP contribution in [0.4, 0.5) is 11.9 Å². The van der Waals surface area contributed by atoms with Crippen molar-refractivity contribution in [2.75, 3.05) is 23.8 Å². The van der Waals surface area contributed by atoms with Crippen LogP contribution < -0.4 is 15.4 Å². The molecule has 2 rings (SSSR count). The van der Waals surface area contributed by atoms with Crippen LogP contribution >= 0.6 is 0 Å². The Balaban J connectivity index is 2.06. The number of rotatable bonds is 6. The molecular formula is C11H19N5O2. The lowest BCUT2D eigenvalue weighted by molar-refractivity contribution is 0.0834. The molecular weight excluding hydrogens is 234 g/mol. The third-order valence-electron chi connectivity index (χ3n) is 2.67. The predicted octanol–water partition coefficient (Wildman–Crippen LogP) is 0.637. The van der Waals surface area contributed by atoms with Crippen molar-refractivity contribution in [1.82, 2.24) is 15.0 Å². The van der Waals surface area contributed by atoms with Gasteiger partial charge in [-0.1, -0.05) is 0 Å². The van der Waals surface area contributed by atoms with Crippen LogP contribution in [-0.2, 0) is 0 Å². The first-order valence-electron chi connectivity index (χ1n) is 6.28. The summed E-state index contributed by atoms with van der Waals surface area (Å²) in [6.45, 7) is 5.10. The summed E-state index contributed by atoms with van der Waals surface area (Å²) in [5.41, 5.74) is 0. The molecule has 18 heavy (non-hydrogen) atoms. The normalized spacial score (nSPS) is 22.2. The number of hydrogen-bond donors (Lipinski definition) is 3. The zero-order valence-corrected chi connectivity index (χ0v) is 10.7. The highest BCUT2D eigenvalue weighted by Gasteiger charge is 2.27. The van der Waals surface area contributed by atoms with E-state index in [-0.39, 0.29) is 12.1 Å². The van der Waals surface area contributed by atoms with E-state index < -0.39 is 0 Å². The zero-order valence-electron chi connectivity index (χ0n) is 10.7. The van der Waals surface area contributed by atoms with Crippen molar-refractivity contribution in [2.45, 2.75) is 38.8 Å². The molecule has 1 aliphatic rings. The SMILES string of the molecule is CCNc1nc(NC2CC(O)C2)nc(OCC)n1. The maximum Gasteiger partial charge on any atom is 0.323 e. The minimum absolute atomic E-state index is 0.205. The Labute approximate surface area is 106 Å². The molecule has 0 amide bonds. The van der Waals surface area contributed by atoms with Crippen molar-refractivity contribution < 1.29 is 9.84 Å². The van der Waals surface area contributed by atoms with Crippen molar-refractivity contribution in [3.63, 3.8) is 0 Å². The monoisotopic (exact) mass is 253 g/mol. The molecule has 0 bridgehead atoms. The van der Waals surface area contributed by atoms with E-state index in [0.29, 0.717) is 24.5 Å². The van der Waals surface area contributed by atoms with Gasteiger partial charge in [0.2, 0.25) is 11.9 Å². The lowest BCUT2D eigenvalue weighted by Crippen LogP contribution is -2.39. The van der Waals surface area contributed by atoms with E-state index in [1.54, 1.807) is 0 Å². The van der Waals surface area contributed by atoms with Crippen molar-refractivity contribution >= 4 is 11.9 Å². The Hall–Kier alpha value is -1.63. The fourth-order valence-electron chi connectivity index (χ4n) is 1.74. The van der Waals surface area contributed by atoms with Gasteiger partial charge in [0.05, 0.1) is 12.7 Å². The molecule has 7 nitrogen and oxygen atoms in total. The van der Waals surface area contributed by atoms with E-state index >= 15 is 0 Å². The molecule has 1 fully saturated rings. The van der Waals surface area contributed by atoms with Gasteiger partial charge in [0.1, 0.15) is 0 Å². The van der Waals surface area contributed by atoms with Gasteiger partial charge in [-0.2, -0.15) is 15.0 Å². The number of nitrogens with zero attached hydrogens (tertiary/aromatic N) is 3. The zero-order chi connectivity index (χ0) is 13.0. The Kier molecular flexibility index (Phi) is 4.14. The minimum atomic E-state index is -0.205. The van der Waals surface area contributed by atoms with Crippen LogP contribution in [0, 0.1) is 0 Å². The maximum absolute atomic E-state index is 9.24. The van der Waals surface area contributed by atoms with Crippen molar-refractivity contribution in [3.05, 3.63) is 0 Å². The van der Waals surface area contributed by atoms with Gasteiger partial charge >= 0.3 is 6.01 Å². The van der Waals surface area contributed by atoms with Crippen molar-refractivity contribution in [2.24, 2.45) is 0 Å². The average Bonchev–Trinajstić information content (AvgIpc) is 2.27. The minimum Gasteiger partial charge on any atom is -0.464 e. The highest BCUT2D eigenvalue weighted by molar-refractivity contribution is 5.37. The highest BCUT2D eigenvalue weighted by Crippen LogP contribution is 2.23. The molecule has 0 aliphatic heterocycles. The van der Waals surface area contributed by atoms with Gasteiger partial charge in [-0.05, 0) is 26.7 Å². The summed E-state index contributed by atoms with van der Waals surface area (Å²) >= 11 is 0. The van der Waals surface area contributed by atoms with Crippen LogP contribution in [0.2, 0.25) is 0 Å². The molecule has 7 heteroatoms. The molecule has 1 saturated carbocycles. The van der Waals surface area contributed by atoms with Crippen molar-refractivity contribution in [3.8, 4) is 6.01 Å². The third kappa shape index (κ3) is 3.19. The fourth-order valence-corrected chi connectivity index (χ4v) is 1.74. The Morgan fingerprint density at radius 2 is 1.94 bits per heavy atom. The van der Waals surface area contributed by atoms with E-state index in [2.05, 4.69) is 25.6 Å². The maximum atomic E-state index is 9.24. The van der Waals surface area contributed by atoms with E-state index in [1.165, 1.54) is 0 Å². The van der Waals surface area contributed by atoms with Gasteiger partial charge in [-0.25, -0.2) is 0 Å². The quantitative estimate of drug-likeness (QED) is 0.685. The van der Waals surface area contributed by atoms with Crippen LogP contribution in [0.15, 0.2) is 0 Å². The summed E-state index contributed by atoms with van der Waals surface area (Å²) in [7, 11) is 0. The molecule has 1 aromatic heterocycles. The second-order valence-corrected chi connectivity index (χ2v) is 4.20. The van der Waals surface area contributed by atoms with Crippen LogP contribution in [0.25, 0.3) is 0 Å². The summed E-state index contributed by atoms with van der Waals surface area (Å²) in [6, 6.07) is 0.539. The number of nitrogens with one attached hydrogen (secondary N) is 2. The molecule has 1 aromatic rings. The average molecular weight is 253 g/mol. The first kappa shape index (κ1) is 12.8. The number of ether oxygens (including phenoxy) is 1. The lowest BCUT2D eigenvalue weighted by Gasteiger charge is -2.31. The largest absolute Gasteiger partial charge is 0.464 e. The molecule has 3 N–H and O–H groups in total. The molecule has 0 saturated heterocycles. The standard InChI is InChI=1S/C11H19N5O2/c1-3-12-9-14-10(13-7-5-8(17)6-7)16-11(15-9)18-4-2/h7-8,17H,3-6H2,1-2H3,(H2,12,13,14,15,16). The number of hydrogen-bond acceptors (Lipinski definition) is 7. The summed E-state index contributed by atoms with van der Waals surface area (Å²) in [6.07, 6.45) is 1.25. The second-order valence-electron chi connectivity index (χ2n) is 4.20. The van der Waals surface area contributed by atoms with E-state index in [9.17, 15) is 5.11 Å². The summed E-state index contributed by atoms with van der Waals surface area (Å²) < 4.78 is 5.30. The fraction of sp³-hybridized carbons (Fsp3) is 0.727. The summed E-state index contributed by atoms with van der Waals surface area (Å²) in [4.78, 5) is 12.6. The summed E-state index contributed by atoms with van der Waals surface area (Å²) in [5, 5.41) is 15.4. The summed E-state index contributed by atoms with van der Waals surface area (Å²) in [5.74, 6) is 0.986. The lowest BCUT2D eigenvalue weighted by atomic mass is 9.90. The van der Waals surface area contributed by atoms with Crippen molar-refractivity contribution in [1.29, 1.82) is 0 Å². The Morgan fingerprint density at radius 3 is 2.56 bits per heavy atom. The van der Waals surface area contributed by atoms with Gasteiger partial charge in [-0.3, -0.25) is 0 Å². The molecule has 0 unspecified atom stereocenters. The molecule has 0 atom stereocenters. The van der Waals surface area contributed by atoms with Crippen LogP contribution in [0.5, 0.6) is 6.01 Å². The van der Waals surface area contributed by atoms with Gasteiger partial charge in [0.15, 0.2) is 0 Å². The second kappa shape index (κ2) is 5.81. The molecule has 0 radical (unpaired) electrons. The van der Waals surface area contributed by atoms with Crippen LogP contribution in [0.1, 0.15) is 26.7 Å². The Bertz CT molecular complexity index is 371. The smallest absolute Gasteiger partial charge is 0.323 e. The highest BCUT2D eigenvalue weighted by atomic mass is 16.5. The number of aliphatic hydroxyl groups is 1.